The summed E-state index contributed by atoms with van der Waals surface area (Å²) in [5.41, 5.74) is 3.13. The highest BCUT2D eigenvalue weighted by Crippen LogP contribution is 2.30. The molecule has 2 aliphatic rings. The molecular formula is C22H20F3N3O2S. The van der Waals surface area contributed by atoms with Gasteiger partial charge in [0, 0.05) is 31.1 Å². The van der Waals surface area contributed by atoms with E-state index in [2.05, 4.69) is 22.3 Å². The lowest BCUT2D eigenvalue weighted by molar-refractivity contribution is -0.274. The Morgan fingerprint density at radius 3 is 2.35 bits per heavy atom. The molecule has 0 bridgehead atoms. The predicted molar refractivity (Wildman–Crippen MR) is 110 cm³/mol. The standard InChI is InChI=1S/C22H20F3N3O2S/c23-22(24,25)30-18-3-1-15(2-4-18)19(13-26)16-5-9-27(10-6-16)21(29)28-11-7-20-17(14-28)8-12-31-20/h1-4,8,12H,5-7,9-11,14H2. The molecule has 1 saturated heterocycles. The van der Waals surface area contributed by atoms with Crippen LogP contribution in [-0.4, -0.2) is 41.8 Å². The van der Waals surface area contributed by atoms with Gasteiger partial charge in [0.2, 0.25) is 0 Å². The molecule has 1 fully saturated rings. The number of carbonyl (C=O) groups excluding carboxylic acids is 1. The van der Waals surface area contributed by atoms with E-state index < -0.39 is 6.36 Å². The van der Waals surface area contributed by atoms with E-state index in [0.29, 0.717) is 50.2 Å². The van der Waals surface area contributed by atoms with Crippen LogP contribution in [0.25, 0.3) is 5.57 Å². The maximum absolute atomic E-state index is 12.9. The third-order valence-corrected chi connectivity index (χ3v) is 6.58. The number of hydrogen-bond donors (Lipinski definition) is 0. The summed E-state index contributed by atoms with van der Waals surface area (Å²) in [5.74, 6) is -0.325. The lowest BCUT2D eigenvalue weighted by atomic mass is 9.94. The summed E-state index contributed by atoms with van der Waals surface area (Å²) in [6.45, 7) is 2.37. The van der Waals surface area contributed by atoms with Crippen molar-refractivity contribution in [3.63, 3.8) is 0 Å². The molecule has 4 rings (SSSR count). The van der Waals surface area contributed by atoms with Gasteiger partial charge in [-0.1, -0.05) is 0 Å². The zero-order valence-electron chi connectivity index (χ0n) is 16.6. The summed E-state index contributed by atoms with van der Waals surface area (Å²) >= 11 is 1.73. The molecule has 9 heteroatoms. The van der Waals surface area contributed by atoms with Gasteiger partial charge in [0.15, 0.2) is 0 Å². The Balaban J connectivity index is 1.40. The van der Waals surface area contributed by atoms with Crippen LogP contribution < -0.4 is 4.74 Å². The van der Waals surface area contributed by atoms with Crippen molar-refractivity contribution in [3.05, 3.63) is 57.3 Å². The zero-order chi connectivity index (χ0) is 22.0. The highest BCUT2D eigenvalue weighted by Gasteiger charge is 2.31. The van der Waals surface area contributed by atoms with Crippen molar-refractivity contribution in [2.45, 2.75) is 32.2 Å². The van der Waals surface area contributed by atoms with E-state index in [9.17, 15) is 23.2 Å². The van der Waals surface area contributed by atoms with E-state index in [1.54, 1.807) is 11.3 Å². The number of fused-ring (bicyclic) bond motifs is 1. The van der Waals surface area contributed by atoms with Crippen LogP contribution in [0.1, 0.15) is 28.8 Å². The molecule has 0 spiro atoms. The molecule has 162 valence electrons. The smallest absolute Gasteiger partial charge is 0.406 e. The van der Waals surface area contributed by atoms with Gasteiger partial charge >= 0.3 is 12.4 Å². The number of alkyl halides is 3. The lowest BCUT2D eigenvalue weighted by Gasteiger charge is -2.35. The number of rotatable bonds is 2. The number of urea groups is 1. The van der Waals surface area contributed by atoms with Crippen LogP contribution in [0.15, 0.2) is 41.3 Å². The SMILES string of the molecule is N#CC(=C1CCN(C(=O)N2CCc3sccc3C2)CC1)c1ccc(OC(F)(F)F)cc1. The number of likely N-dealkylation sites (tertiary alicyclic amines) is 1. The molecule has 31 heavy (non-hydrogen) atoms. The van der Waals surface area contributed by atoms with E-state index in [0.717, 1.165) is 12.0 Å². The summed E-state index contributed by atoms with van der Waals surface area (Å²) < 4.78 is 40.9. The summed E-state index contributed by atoms with van der Waals surface area (Å²) in [5, 5.41) is 11.7. The first-order valence-corrected chi connectivity index (χ1v) is 10.8. The average Bonchev–Trinajstić information content (AvgIpc) is 3.22. The first-order chi connectivity index (χ1) is 14.8. The second-order valence-corrected chi connectivity index (χ2v) is 8.47. The van der Waals surface area contributed by atoms with Crippen molar-refractivity contribution in [2.75, 3.05) is 19.6 Å². The van der Waals surface area contributed by atoms with Crippen LogP contribution in [0.2, 0.25) is 0 Å². The molecule has 2 aliphatic heterocycles. The maximum Gasteiger partial charge on any atom is 0.573 e. The molecule has 0 saturated carbocycles. The van der Waals surface area contributed by atoms with Crippen LogP contribution in [0.4, 0.5) is 18.0 Å². The second-order valence-electron chi connectivity index (χ2n) is 7.47. The summed E-state index contributed by atoms with van der Waals surface area (Å²) in [6, 6.07) is 9.58. The van der Waals surface area contributed by atoms with Crippen LogP contribution in [0.3, 0.4) is 0 Å². The van der Waals surface area contributed by atoms with Crippen molar-refractivity contribution in [1.29, 1.82) is 5.26 Å². The number of hydrogen-bond acceptors (Lipinski definition) is 4. The number of allylic oxidation sites excluding steroid dienone is 1. The topological polar surface area (TPSA) is 56.6 Å². The maximum atomic E-state index is 12.9. The number of carbonyl (C=O) groups is 1. The summed E-state index contributed by atoms with van der Waals surface area (Å²) in [7, 11) is 0. The quantitative estimate of drug-likeness (QED) is 0.595. The van der Waals surface area contributed by atoms with Gasteiger partial charge in [-0.25, -0.2) is 4.79 Å². The van der Waals surface area contributed by atoms with Crippen molar-refractivity contribution >= 4 is 22.9 Å². The molecule has 3 heterocycles. The average molecular weight is 447 g/mol. The number of ether oxygens (including phenoxy) is 1. The molecular weight excluding hydrogens is 427 g/mol. The van der Waals surface area contributed by atoms with Gasteiger partial charge in [0.25, 0.3) is 0 Å². The van der Waals surface area contributed by atoms with E-state index >= 15 is 0 Å². The second kappa shape index (κ2) is 8.63. The van der Waals surface area contributed by atoms with Crippen LogP contribution >= 0.6 is 11.3 Å². The Hall–Kier alpha value is -2.99. The molecule has 0 radical (unpaired) electrons. The summed E-state index contributed by atoms with van der Waals surface area (Å²) in [4.78, 5) is 18.0. The third-order valence-electron chi connectivity index (χ3n) is 5.56. The number of amides is 2. The van der Waals surface area contributed by atoms with E-state index in [-0.39, 0.29) is 11.8 Å². The Labute approximate surface area is 181 Å². The van der Waals surface area contributed by atoms with Crippen LogP contribution in [-0.2, 0) is 13.0 Å². The molecule has 1 aromatic carbocycles. The number of halogens is 3. The van der Waals surface area contributed by atoms with Gasteiger partial charge in [-0.3, -0.25) is 0 Å². The molecule has 0 atom stereocenters. The molecule has 2 amide bonds. The van der Waals surface area contributed by atoms with Gasteiger partial charge in [-0.15, -0.1) is 24.5 Å². The minimum Gasteiger partial charge on any atom is -0.406 e. The minimum atomic E-state index is -4.75. The fourth-order valence-electron chi connectivity index (χ4n) is 4.00. The Bertz CT molecular complexity index is 1030. The fourth-order valence-corrected chi connectivity index (χ4v) is 4.89. The van der Waals surface area contributed by atoms with Gasteiger partial charge in [0.1, 0.15) is 5.75 Å². The zero-order valence-corrected chi connectivity index (χ0v) is 17.4. The number of nitriles is 1. The van der Waals surface area contributed by atoms with E-state index in [4.69, 9.17) is 0 Å². The molecule has 0 unspecified atom stereocenters. The molecule has 0 aliphatic carbocycles. The normalized spacial score (nSPS) is 16.5. The number of piperidine rings is 1. The highest BCUT2D eigenvalue weighted by molar-refractivity contribution is 7.10. The first-order valence-electron chi connectivity index (χ1n) is 9.91. The first kappa shape index (κ1) is 21.2. The monoisotopic (exact) mass is 447 g/mol. The Morgan fingerprint density at radius 1 is 1.03 bits per heavy atom. The van der Waals surface area contributed by atoms with Crippen molar-refractivity contribution in [3.8, 4) is 11.8 Å². The molecule has 2 aromatic rings. The largest absolute Gasteiger partial charge is 0.573 e. The number of nitrogens with zero attached hydrogens (tertiary/aromatic N) is 3. The van der Waals surface area contributed by atoms with Gasteiger partial charge < -0.3 is 14.5 Å². The van der Waals surface area contributed by atoms with E-state index in [1.165, 1.54) is 34.7 Å². The van der Waals surface area contributed by atoms with Crippen molar-refractivity contribution in [2.24, 2.45) is 0 Å². The fraction of sp³-hybridized carbons (Fsp3) is 0.364. The van der Waals surface area contributed by atoms with Gasteiger partial charge in [-0.05, 0) is 71.7 Å². The predicted octanol–water partition coefficient (Wildman–Crippen LogP) is 5.20. The summed E-state index contributed by atoms with van der Waals surface area (Å²) in [6.07, 6.45) is -2.75. The molecule has 1 aromatic heterocycles. The number of thiophene rings is 1. The number of benzene rings is 1. The Kier molecular flexibility index (Phi) is 5.92. The van der Waals surface area contributed by atoms with Crippen LogP contribution in [0, 0.1) is 11.3 Å². The van der Waals surface area contributed by atoms with E-state index in [1.807, 2.05) is 9.80 Å². The van der Waals surface area contributed by atoms with Crippen molar-refractivity contribution in [1.82, 2.24) is 9.80 Å². The third kappa shape index (κ3) is 4.85. The Morgan fingerprint density at radius 2 is 1.71 bits per heavy atom. The molecule has 0 N–H and O–H groups in total. The van der Waals surface area contributed by atoms with Crippen molar-refractivity contribution < 1.29 is 22.7 Å². The molecule has 5 nitrogen and oxygen atoms in total. The van der Waals surface area contributed by atoms with Gasteiger partial charge in [-0.2, -0.15) is 5.26 Å². The highest BCUT2D eigenvalue weighted by atomic mass is 32.1. The van der Waals surface area contributed by atoms with Gasteiger partial charge in [0.05, 0.1) is 11.6 Å². The van der Waals surface area contributed by atoms with Crippen LogP contribution in [0.5, 0.6) is 5.75 Å². The lowest BCUT2D eigenvalue weighted by Crippen LogP contribution is -2.47. The minimum absolute atomic E-state index is 0.0167.